The third-order valence-electron chi connectivity index (χ3n) is 2.11. The molecule has 0 bridgehead atoms. The van der Waals surface area contributed by atoms with Crippen LogP contribution in [-0.2, 0) is 4.79 Å². The molecule has 9 heteroatoms. The Hall–Kier alpha value is -1.96. The van der Waals surface area contributed by atoms with Crippen molar-refractivity contribution in [3.05, 3.63) is 21.6 Å². The molecular formula is C10H14ClN5O3. The van der Waals surface area contributed by atoms with E-state index in [4.69, 9.17) is 11.6 Å². The van der Waals surface area contributed by atoms with E-state index in [1.165, 1.54) is 11.9 Å². The van der Waals surface area contributed by atoms with Gasteiger partial charge in [0.1, 0.15) is 6.20 Å². The monoisotopic (exact) mass is 287 g/mol. The molecule has 1 heterocycles. The topological polar surface area (TPSA) is 101 Å². The molecule has 1 aromatic heterocycles. The van der Waals surface area contributed by atoms with E-state index in [0.29, 0.717) is 0 Å². The second-order valence-electron chi connectivity index (χ2n) is 4.18. The number of aromatic nitrogens is 2. The normalized spacial score (nSPS) is 10.4. The van der Waals surface area contributed by atoms with Crippen LogP contribution in [0.2, 0.25) is 5.28 Å². The molecule has 0 aliphatic heterocycles. The Morgan fingerprint density at radius 1 is 1.63 bits per heavy atom. The van der Waals surface area contributed by atoms with Gasteiger partial charge in [0.05, 0.1) is 11.5 Å². The van der Waals surface area contributed by atoms with E-state index < -0.39 is 4.92 Å². The second kappa shape index (κ2) is 6.28. The highest BCUT2D eigenvalue weighted by molar-refractivity contribution is 6.28. The minimum atomic E-state index is -0.623. The third kappa shape index (κ3) is 4.32. The first kappa shape index (κ1) is 15.1. The number of rotatable bonds is 5. The van der Waals surface area contributed by atoms with Crippen LogP contribution >= 0.6 is 11.6 Å². The van der Waals surface area contributed by atoms with Gasteiger partial charge in [0, 0.05) is 13.1 Å². The lowest BCUT2D eigenvalue weighted by molar-refractivity contribution is -0.384. The fourth-order valence-electron chi connectivity index (χ4n) is 1.41. The third-order valence-corrected chi connectivity index (χ3v) is 2.29. The van der Waals surface area contributed by atoms with Crippen LogP contribution in [0.15, 0.2) is 6.20 Å². The Kier molecular flexibility index (Phi) is 4.99. The van der Waals surface area contributed by atoms with Gasteiger partial charge in [-0.1, -0.05) is 0 Å². The second-order valence-corrected chi connectivity index (χ2v) is 4.52. The van der Waals surface area contributed by atoms with Crippen LogP contribution in [0.3, 0.4) is 0 Å². The zero-order valence-corrected chi connectivity index (χ0v) is 11.5. The van der Waals surface area contributed by atoms with Gasteiger partial charge in [0.15, 0.2) is 0 Å². The van der Waals surface area contributed by atoms with Gasteiger partial charge in [0.25, 0.3) is 0 Å². The van der Waals surface area contributed by atoms with Crippen molar-refractivity contribution in [3.63, 3.8) is 0 Å². The average Bonchev–Trinajstić information content (AvgIpc) is 2.26. The van der Waals surface area contributed by atoms with E-state index in [1.807, 2.05) is 13.8 Å². The highest BCUT2D eigenvalue weighted by Crippen LogP contribution is 2.24. The molecule has 0 spiro atoms. The summed E-state index contributed by atoms with van der Waals surface area (Å²) in [7, 11) is 1.52. The Bertz CT molecular complexity index is 494. The number of nitrogens with zero attached hydrogens (tertiary/aromatic N) is 4. The zero-order chi connectivity index (χ0) is 14.6. The van der Waals surface area contributed by atoms with Crippen LogP contribution in [0, 0.1) is 10.1 Å². The summed E-state index contributed by atoms with van der Waals surface area (Å²) in [5.41, 5.74) is -0.302. The maximum atomic E-state index is 11.6. The van der Waals surface area contributed by atoms with Gasteiger partial charge in [-0.05, 0) is 25.4 Å². The lowest BCUT2D eigenvalue weighted by Gasteiger charge is -2.18. The summed E-state index contributed by atoms with van der Waals surface area (Å²) in [5, 5.41) is 13.4. The summed E-state index contributed by atoms with van der Waals surface area (Å²) in [6.45, 7) is 3.58. The highest BCUT2D eigenvalue weighted by Gasteiger charge is 2.21. The first-order valence-electron chi connectivity index (χ1n) is 5.48. The summed E-state index contributed by atoms with van der Waals surface area (Å²) in [6.07, 6.45) is 1.02. The average molecular weight is 288 g/mol. The van der Waals surface area contributed by atoms with E-state index in [9.17, 15) is 14.9 Å². The molecule has 0 fully saturated rings. The van der Waals surface area contributed by atoms with Gasteiger partial charge >= 0.3 is 5.69 Å². The number of anilines is 1. The molecule has 1 rings (SSSR count). The first-order valence-corrected chi connectivity index (χ1v) is 5.86. The zero-order valence-electron chi connectivity index (χ0n) is 10.8. The van der Waals surface area contributed by atoms with Crippen molar-refractivity contribution < 1.29 is 9.72 Å². The number of carbonyl (C=O) groups excluding carboxylic acids is 1. The van der Waals surface area contributed by atoms with Crippen molar-refractivity contribution in [1.29, 1.82) is 0 Å². The summed E-state index contributed by atoms with van der Waals surface area (Å²) >= 11 is 5.61. The van der Waals surface area contributed by atoms with Crippen LogP contribution in [0.1, 0.15) is 13.8 Å². The Morgan fingerprint density at radius 3 is 2.79 bits per heavy atom. The van der Waals surface area contributed by atoms with E-state index in [0.717, 1.165) is 6.20 Å². The molecule has 1 aromatic rings. The lowest BCUT2D eigenvalue weighted by Crippen LogP contribution is -2.39. The fourth-order valence-corrected chi connectivity index (χ4v) is 1.54. The number of carbonyl (C=O) groups is 1. The lowest BCUT2D eigenvalue weighted by atomic mass is 10.3. The maximum absolute atomic E-state index is 11.6. The number of likely N-dealkylation sites (N-methyl/N-ethyl adjacent to an activating group) is 1. The molecule has 1 amide bonds. The summed E-state index contributed by atoms with van der Waals surface area (Å²) in [6, 6.07) is -0.00938. The molecule has 0 atom stereocenters. The van der Waals surface area contributed by atoms with E-state index in [1.54, 1.807) is 0 Å². The molecule has 1 N–H and O–H groups in total. The first-order chi connectivity index (χ1) is 8.81. The van der Waals surface area contributed by atoms with Crippen LogP contribution < -0.4 is 10.2 Å². The quantitative estimate of drug-likeness (QED) is 0.492. The molecular weight excluding hydrogens is 274 g/mol. The van der Waals surface area contributed by atoms with Gasteiger partial charge in [-0.2, -0.15) is 4.98 Å². The van der Waals surface area contributed by atoms with Gasteiger partial charge in [-0.3, -0.25) is 14.9 Å². The largest absolute Gasteiger partial charge is 0.352 e. The number of nitrogens with one attached hydrogen (secondary N) is 1. The Labute approximate surface area is 114 Å². The number of nitro groups is 1. The van der Waals surface area contributed by atoms with Crippen molar-refractivity contribution >= 4 is 29.0 Å². The Balaban J connectivity index is 2.92. The van der Waals surface area contributed by atoms with Gasteiger partial charge in [-0.15, -0.1) is 0 Å². The molecule has 0 aromatic carbocycles. The number of halogens is 1. The van der Waals surface area contributed by atoms with Crippen LogP contribution in [0.4, 0.5) is 11.5 Å². The van der Waals surface area contributed by atoms with Crippen molar-refractivity contribution in [3.8, 4) is 0 Å². The number of hydrogen-bond donors (Lipinski definition) is 1. The standard InChI is InChI=1S/C10H14ClN5O3/c1-6(2)13-8(17)5-15(3)9-7(16(18)19)4-12-10(11)14-9/h4,6H,5H2,1-3H3,(H,13,17). The minimum Gasteiger partial charge on any atom is -0.352 e. The smallest absolute Gasteiger partial charge is 0.329 e. The predicted octanol–water partition coefficient (Wildman–Crippen LogP) is 0.999. The van der Waals surface area contributed by atoms with Gasteiger partial charge < -0.3 is 10.2 Å². The summed E-state index contributed by atoms with van der Waals surface area (Å²) in [5.74, 6) is -0.259. The van der Waals surface area contributed by atoms with Crippen LogP contribution in [0.25, 0.3) is 0 Å². The van der Waals surface area contributed by atoms with Crippen molar-refractivity contribution in [1.82, 2.24) is 15.3 Å². The number of amides is 1. The molecule has 0 aliphatic carbocycles. The molecule has 19 heavy (non-hydrogen) atoms. The predicted molar refractivity (Wildman–Crippen MR) is 70.2 cm³/mol. The van der Waals surface area contributed by atoms with E-state index in [2.05, 4.69) is 15.3 Å². The van der Waals surface area contributed by atoms with Crippen LogP contribution in [-0.4, -0.2) is 40.4 Å². The fraction of sp³-hybridized carbons (Fsp3) is 0.500. The molecule has 8 nitrogen and oxygen atoms in total. The molecule has 0 unspecified atom stereocenters. The van der Waals surface area contributed by atoms with Gasteiger partial charge in [0.2, 0.25) is 17.0 Å². The SMILES string of the molecule is CC(C)NC(=O)CN(C)c1nc(Cl)ncc1[N+](=O)[O-]. The molecule has 0 saturated heterocycles. The highest BCUT2D eigenvalue weighted by atomic mass is 35.5. The summed E-state index contributed by atoms with van der Waals surface area (Å²) < 4.78 is 0. The van der Waals surface area contributed by atoms with Crippen molar-refractivity contribution in [2.24, 2.45) is 0 Å². The van der Waals surface area contributed by atoms with E-state index in [-0.39, 0.29) is 35.3 Å². The summed E-state index contributed by atoms with van der Waals surface area (Å²) in [4.78, 5) is 30.5. The molecule has 0 radical (unpaired) electrons. The Morgan fingerprint density at radius 2 is 2.26 bits per heavy atom. The molecule has 104 valence electrons. The van der Waals surface area contributed by atoms with Crippen LogP contribution in [0.5, 0.6) is 0 Å². The van der Waals surface area contributed by atoms with Crippen molar-refractivity contribution in [2.75, 3.05) is 18.5 Å². The van der Waals surface area contributed by atoms with Crippen molar-refractivity contribution in [2.45, 2.75) is 19.9 Å². The molecule has 0 aliphatic rings. The maximum Gasteiger partial charge on any atom is 0.329 e. The molecule has 0 saturated carbocycles. The van der Waals surface area contributed by atoms with Gasteiger partial charge in [-0.25, -0.2) is 4.98 Å². The number of hydrogen-bond acceptors (Lipinski definition) is 6. The van der Waals surface area contributed by atoms with E-state index >= 15 is 0 Å². The minimum absolute atomic E-state index is 0.00362.